The quantitative estimate of drug-likeness (QED) is 0.717. The van der Waals surface area contributed by atoms with Crippen molar-refractivity contribution in [3.05, 3.63) is 0 Å². The van der Waals surface area contributed by atoms with Gasteiger partial charge in [0.25, 0.3) is 0 Å². The first-order valence-electron chi connectivity index (χ1n) is 4.92. The molecule has 12 heavy (non-hydrogen) atoms. The SMILES string of the molecule is CNC.CSCC1CCCCC1. The molecule has 0 aromatic rings. The molecule has 74 valence electrons. The van der Waals surface area contributed by atoms with Crippen molar-refractivity contribution >= 4 is 11.8 Å². The first-order valence-corrected chi connectivity index (χ1v) is 6.32. The number of hydrogen-bond donors (Lipinski definition) is 1. The van der Waals surface area contributed by atoms with Crippen LogP contribution in [0.15, 0.2) is 0 Å². The lowest BCUT2D eigenvalue weighted by Crippen LogP contribution is -2.07. The van der Waals surface area contributed by atoms with Gasteiger partial charge in [0, 0.05) is 0 Å². The van der Waals surface area contributed by atoms with Crippen molar-refractivity contribution in [2.75, 3.05) is 26.1 Å². The van der Waals surface area contributed by atoms with E-state index in [2.05, 4.69) is 11.6 Å². The maximum Gasteiger partial charge on any atom is -0.00419 e. The Labute approximate surface area is 81.7 Å². The predicted molar refractivity (Wildman–Crippen MR) is 59.9 cm³/mol. The Kier molecular flexibility index (Phi) is 9.64. The summed E-state index contributed by atoms with van der Waals surface area (Å²) < 4.78 is 0. The largest absolute Gasteiger partial charge is 0.323 e. The van der Waals surface area contributed by atoms with E-state index in [0.717, 1.165) is 5.92 Å². The minimum atomic E-state index is 1.06. The standard InChI is InChI=1S/C8H16S.C2H7N/c1-9-7-8-5-3-2-4-6-8;1-3-2/h8H,2-7H2,1H3;3H,1-2H3. The third kappa shape index (κ3) is 6.99. The normalized spacial score (nSPS) is 18.2. The zero-order valence-corrected chi connectivity index (χ0v) is 9.54. The molecule has 1 saturated carbocycles. The minimum absolute atomic E-state index is 1.06. The molecule has 0 amide bonds. The van der Waals surface area contributed by atoms with Gasteiger partial charge in [-0.15, -0.1) is 0 Å². The van der Waals surface area contributed by atoms with Crippen LogP contribution in [-0.2, 0) is 0 Å². The average molecular weight is 189 g/mol. The highest BCUT2D eigenvalue weighted by molar-refractivity contribution is 7.98. The Hall–Kier alpha value is 0.310. The minimum Gasteiger partial charge on any atom is -0.323 e. The first-order chi connectivity index (χ1) is 5.85. The second kappa shape index (κ2) is 9.40. The van der Waals surface area contributed by atoms with Crippen molar-refractivity contribution in [2.45, 2.75) is 32.1 Å². The van der Waals surface area contributed by atoms with Crippen LogP contribution in [0.5, 0.6) is 0 Å². The number of thioether (sulfide) groups is 1. The summed E-state index contributed by atoms with van der Waals surface area (Å²) in [6.07, 6.45) is 9.69. The second-order valence-corrected chi connectivity index (χ2v) is 4.37. The molecule has 2 heteroatoms. The summed E-state index contributed by atoms with van der Waals surface area (Å²) in [4.78, 5) is 0. The van der Waals surface area contributed by atoms with Crippen molar-refractivity contribution in [1.82, 2.24) is 5.32 Å². The van der Waals surface area contributed by atoms with Gasteiger partial charge in [0.15, 0.2) is 0 Å². The van der Waals surface area contributed by atoms with Crippen LogP contribution in [0.25, 0.3) is 0 Å². The maximum atomic E-state index is 2.75. The molecule has 0 aromatic heterocycles. The Morgan fingerprint density at radius 2 is 1.67 bits per heavy atom. The fourth-order valence-electron chi connectivity index (χ4n) is 1.59. The Morgan fingerprint density at radius 1 is 1.17 bits per heavy atom. The molecular weight excluding hydrogens is 166 g/mol. The molecule has 1 aliphatic carbocycles. The van der Waals surface area contributed by atoms with E-state index >= 15 is 0 Å². The van der Waals surface area contributed by atoms with Crippen molar-refractivity contribution in [3.8, 4) is 0 Å². The molecule has 0 radical (unpaired) electrons. The molecule has 1 rings (SSSR count). The summed E-state index contributed by atoms with van der Waals surface area (Å²) in [6.45, 7) is 0. The van der Waals surface area contributed by atoms with Crippen LogP contribution in [0, 0.1) is 5.92 Å². The van der Waals surface area contributed by atoms with Crippen LogP contribution in [0.3, 0.4) is 0 Å². The monoisotopic (exact) mass is 189 g/mol. The molecule has 1 fully saturated rings. The van der Waals surface area contributed by atoms with Crippen LogP contribution in [0.2, 0.25) is 0 Å². The van der Waals surface area contributed by atoms with Gasteiger partial charge < -0.3 is 5.32 Å². The van der Waals surface area contributed by atoms with Crippen molar-refractivity contribution in [2.24, 2.45) is 5.92 Å². The molecular formula is C10H23NS. The predicted octanol–water partition coefficient (Wildman–Crippen LogP) is 2.77. The highest BCUT2D eigenvalue weighted by Crippen LogP contribution is 2.25. The fraction of sp³-hybridized carbons (Fsp3) is 1.00. The van der Waals surface area contributed by atoms with Gasteiger partial charge in [-0.05, 0) is 44.9 Å². The number of rotatable bonds is 2. The van der Waals surface area contributed by atoms with E-state index in [1.54, 1.807) is 0 Å². The van der Waals surface area contributed by atoms with Gasteiger partial charge in [0.2, 0.25) is 0 Å². The summed E-state index contributed by atoms with van der Waals surface area (Å²) in [5, 5.41) is 2.75. The maximum absolute atomic E-state index is 2.75. The van der Waals surface area contributed by atoms with E-state index in [4.69, 9.17) is 0 Å². The Balaban J connectivity index is 0.000000354. The summed E-state index contributed by atoms with van der Waals surface area (Å²) in [6, 6.07) is 0. The van der Waals surface area contributed by atoms with E-state index in [-0.39, 0.29) is 0 Å². The van der Waals surface area contributed by atoms with Crippen LogP contribution < -0.4 is 5.32 Å². The van der Waals surface area contributed by atoms with E-state index in [1.807, 2.05) is 25.9 Å². The Morgan fingerprint density at radius 3 is 2.08 bits per heavy atom. The third-order valence-corrected chi connectivity index (χ3v) is 2.93. The van der Waals surface area contributed by atoms with E-state index < -0.39 is 0 Å². The molecule has 0 spiro atoms. The summed E-state index contributed by atoms with van der Waals surface area (Å²) >= 11 is 2.01. The van der Waals surface area contributed by atoms with Gasteiger partial charge in [-0.3, -0.25) is 0 Å². The second-order valence-electron chi connectivity index (χ2n) is 3.46. The molecule has 1 aliphatic rings. The Bertz CT molecular complexity index is 77.2. The van der Waals surface area contributed by atoms with Crippen LogP contribution in [0.4, 0.5) is 0 Å². The van der Waals surface area contributed by atoms with Crippen molar-refractivity contribution in [1.29, 1.82) is 0 Å². The van der Waals surface area contributed by atoms with Gasteiger partial charge in [-0.2, -0.15) is 11.8 Å². The summed E-state index contributed by atoms with van der Waals surface area (Å²) in [5.74, 6) is 2.47. The topological polar surface area (TPSA) is 12.0 Å². The molecule has 0 heterocycles. The zero-order chi connectivity index (χ0) is 9.23. The summed E-state index contributed by atoms with van der Waals surface area (Å²) in [5.41, 5.74) is 0. The summed E-state index contributed by atoms with van der Waals surface area (Å²) in [7, 11) is 3.75. The van der Waals surface area contributed by atoms with Crippen LogP contribution >= 0.6 is 11.8 Å². The smallest absolute Gasteiger partial charge is 0.00419 e. The molecule has 1 N–H and O–H groups in total. The highest BCUT2D eigenvalue weighted by Gasteiger charge is 2.11. The third-order valence-electron chi connectivity index (χ3n) is 2.13. The van der Waals surface area contributed by atoms with E-state index in [0.29, 0.717) is 0 Å². The van der Waals surface area contributed by atoms with E-state index in [9.17, 15) is 0 Å². The van der Waals surface area contributed by atoms with Gasteiger partial charge >= 0.3 is 0 Å². The van der Waals surface area contributed by atoms with Gasteiger partial charge in [-0.1, -0.05) is 19.3 Å². The highest BCUT2D eigenvalue weighted by atomic mass is 32.2. The molecule has 0 aliphatic heterocycles. The van der Waals surface area contributed by atoms with Crippen molar-refractivity contribution < 1.29 is 0 Å². The van der Waals surface area contributed by atoms with Crippen LogP contribution in [0.1, 0.15) is 32.1 Å². The zero-order valence-electron chi connectivity index (χ0n) is 8.73. The fourth-order valence-corrected chi connectivity index (χ4v) is 2.39. The lowest BCUT2D eigenvalue weighted by molar-refractivity contribution is 0.391. The first kappa shape index (κ1) is 12.3. The lowest BCUT2D eigenvalue weighted by atomic mass is 9.91. The van der Waals surface area contributed by atoms with Gasteiger partial charge in [0.1, 0.15) is 0 Å². The number of hydrogen-bond acceptors (Lipinski definition) is 2. The van der Waals surface area contributed by atoms with E-state index in [1.165, 1.54) is 37.9 Å². The molecule has 0 bridgehead atoms. The van der Waals surface area contributed by atoms with Gasteiger partial charge in [0.05, 0.1) is 0 Å². The molecule has 0 aromatic carbocycles. The number of nitrogens with one attached hydrogen (secondary N) is 1. The molecule has 0 unspecified atom stereocenters. The van der Waals surface area contributed by atoms with Crippen molar-refractivity contribution in [3.63, 3.8) is 0 Å². The molecule has 0 saturated heterocycles. The average Bonchev–Trinajstić information content (AvgIpc) is 2.08. The van der Waals surface area contributed by atoms with Crippen LogP contribution in [-0.4, -0.2) is 26.1 Å². The lowest BCUT2D eigenvalue weighted by Gasteiger charge is -2.19. The van der Waals surface area contributed by atoms with Gasteiger partial charge in [-0.25, -0.2) is 0 Å². The molecule has 0 atom stereocenters. The molecule has 1 nitrogen and oxygen atoms in total.